The summed E-state index contributed by atoms with van der Waals surface area (Å²) in [6.07, 6.45) is 0. The van der Waals surface area contributed by atoms with Crippen LogP contribution in [0.15, 0.2) is 65.6 Å². The Balaban J connectivity index is 1.52. The van der Waals surface area contributed by atoms with Crippen LogP contribution in [0.2, 0.25) is 0 Å². The van der Waals surface area contributed by atoms with Gasteiger partial charge in [0.1, 0.15) is 0 Å². The molecule has 0 aliphatic carbocycles. The van der Waals surface area contributed by atoms with Crippen LogP contribution in [0.1, 0.15) is 26.3 Å². The van der Waals surface area contributed by atoms with E-state index in [1.54, 1.807) is 25.1 Å². The lowest BCUT2D eigenvalue weighted by molar-refractivity contribution is 0.0474. The molecule has 0 atom stereocenters. The molecule has 4 rings (SSSR count). The van der Waals surface area contributed by atoms with Crippen molar-refractivity contribution in [1.82, 2.24) is 4.31 Å². The number of hydrogen-bond donors (Lipinski definition) is 0. The van der Waals surface area contributed by atoms with Crippen molar-refractivity contribution in [1.29, 1.82) is 0 Å². The minimum Gasteiger partial charge on any atom is -0.454 e. The molecule has 0 radical (unpaired) electrons. The zero-order valence-electron chi connectivity index (χ0n) is 17.6. The number of sulfonamides is 1. The van der Waals surface area contributed by atoms with E-state index < -0.39 is 22.6 Å². The number of benzene rings is 3. The van der Waals surface area contributed by atoms with E-state index in [0.29, 0.717) is 24.3 Å². The predicted molar refractivity (Wildman–Crippen MR) is 119 cm³/mol. The summed E-state index contributed by atoms with van der Waals surface area (Å²) in [5.41, 5.74) is 1.15. The van der Waals surface area contributed by atoms with E-state index in [1.165, 1.54) is 16.4 Å². The van der Waals surface area contributed by atoms with Crippen LogP contribution < -0.4 is 0 Å². The third-order valence-corrected chi connectivity index (χ3v) is 7.36. The van der Waals surface area contributed by atoms with Gasteiger partial charge in [0.25, 0.3) is 0 Å². The summed E-state index contributed by atoms with van der Waals surface area (Å²) in [5, 5.41) is 1.70. The maximum Gasteiger partial charge on any atom is 0.338 e. The average molecular weight is 454 g/mol. The van der Waals surface area contributed by atoms with Gasteiger partial charge in [0.15, 0.2) is 6.61 Å². The molecule has 0 unspecified atom stereocenters. The van der Waals surface area contributed by atoms with Crippen LogP contribution in [0.25, 0.3) is 10.8 Å². The molecule has 3 aromatic carbocycles. The molecule has 0 spiro atoms. The molecule has 1 saturated heterocycles. The number of morpholine rings is 1. The molecule has 0 bridgehead atoms. The van der Waals surface area contributed by atoms with Crippen LogP contribution in [-0.4, -0.2) is 57.4 Å². The number of fused-ring (bicyclic) bond motifs is 1. The van der Waals surface area contributed by atoms with Gasteiger partial charge in [0.2, 0.25) is 15.8 Å². The first-order valence-corrected chi connectivity index (χ1v) is 11.7. The van der Waals surface area contributed by atoms with Crippen molar-refractivity contribution in [3.63, 3.8) is 0 Å². The zero-order chi connectivity index (χ0) is 22.7. The van der Waals surface area contributed by atoms with Crippen LogP contribution in [0.5, 0.6) is 0 Å². The Labute approximate surface area is 186 Å². The van der Waals surface area contributed by atoms with Gasteiger partial charge in [-0.15, -0.1) is 0 Å². The average Bonchev–Trinajstić information content (AvgIpc) is 2.82. The summed E-state index contributed by atoms with van der Waals surface area (Å²) in [7, 11) is -3.75. The Hall–Kier alpha value is -3.07. The number of carbonyl (C=O) groups excluding carboxylic acids is 2. The normalized spacial score (nSPS) is 14.9. The van der Waals surface area contributed by atoms with E-state index >= 15 is 0 Å². The van der Waals surface area contributed by atoms with Crippen LogP contribution in [0.3, 0.4) is 0 Å². The van der Waals surface area contributed by atoms with Gasteiger partial charge in [0, 0.05) is 18.7 Å². The minimum absolute atomic E-state index is 0.0114. The van der Waals surface area contributed by atoms with Crippen molar-refractivity contribution in [3.8, 4) is 0 Å². The van der Waals surface area contributed by atoms with E-state index in [2.05, 4.69) is 0 Å². The summed E-state index contributed by atoms with van der Waals surface area (Å²) < 4.78 is 37.6. The highest BCUT2D eigenvalue weighted by molar-refractivity contribution is 7.89. The molecule has 32 heavy (non-hydrogen) atoms. The lowest BCUT2D eigenvalue weighted by atomic mass is 10.0. The lowest BCUT2D eigenvalue weighted by Gasteiger charge is -2.26. The van der Waals surface area contributed by atoms with Crippen molar-refractivity contribution < 1.29 is 27.5 Å². The van der Waals surface area contributed by atoms with E-state index in [9.17, 15) is 18.0 Å². The fourth-order valence-corrected chi connectivity index (χ4v) is 5.11. The topological polar surface area (TPSA) is 90.0 Å². The smallest absolute Gasteiger partial charge is 0.338 e. The molecule has 7 nitrogen and oxygen atoms in total. The van der Waals surface area contributed by atoms with E-state index in [0.717, 1.165) is 10.8 Å². The molecule has 0 amide bonds. The Morgan fingerprint density at radius 1 is 0.969 bits per heavy atom. The Morgan fingerprint density at radius 3 is 2.47 bits per heavy atom. The van der Waals surface area contributed by atoms with Crippen molar-refractivity contribution >= 4 is 32.5 Å². The molecular weight excluding hydrogens is 430 g/mol. The molecule has 0 N–H and O–H groups in total. The zero-order valence-corrected chi connectivity index (χ0v) is 18.4. The summed E-state index contributed by atoms with van der Waals surface area (Å²) in [6, 6.07) is 17.2. The number of carbonyl (C=O) groups is 2. The molecule has 0 aromatic heterocycles. The second-order valence-corrected chi connectivity index (χ2v) is 9.46. The van der Waals surface area contributed by atoms with Gasteiger partial charge < -0.3 is 9.47 Å². The third kappa shape index (κ3) is 4.43. The fourth-order valence-electron chi connectivity index (χ4n) is 3.67. The van der Waals surface area contributed by atoms with Crippen LogP contribution in [0.4, 0.5) is 0 Å². The SMILES string of the molecule is Cc1ccc(S(=O)(=O)N2CCOCC2)cc1C(=O)OCC(=O)c1cccc2ccccc12. The Morgan fingerprint density at radius 2 is 1.69 bits per heavy atom. The van der Waals surface area contributed by atoms with Crippen molar-refractivity contribution in [2.45, 2.75) is 11.8 Å². The fraction of sp³-hybridized carbons (Fsp3) is 0.250. The standard InChI is InChI=1S/C24H23NO6S/c1-17-9-10-19(32(28,29)25-11-13-30-14-12-25)15-22(17)24(27)31-16-23(26)21-8-4-6-18-5-2-3-7-20(18)21/h2-10,15H,11-14,16H2,1H3. The highest BCUT2D eigenvalue weighted by atomic mass is 32.2. The van der Waals surface area contributed by atoms with Crippen molar-refractivity contribution in [2.24, 2.45) is 0 Å². The van der Waals surface area contributed by atoms with Crippen molar-refractivity contribution in [2.75, 3.05) is 32.9 Å². The molecule has 0 saturated carbocycles. The number of hydrogen-bond acceptors (Lipinski definition) is 6. The summed E-state index contributed by atoms with van der Waals surface area (Å²) in [4.78, 5) is 25.4. The number of ketones is 1. The molecule has 1 heterocycles. The predicted octanol–water partition coefficient (Wildman–Crippen LogP) is 3.21. The summed E-state index contributed by atoms with van der Waals surface area (Å²) in [6.45, 7) is 2.43. The summed E-state index contributed by atoms with van der Waals surface area (Å²) in [5.74, 6) is -1.07. The molecule has 3 aromatic rings. The van der Waals surface area contributed by atoms with Crippen LogP contribution in [0, 0.1) is 6.92 Å². The van der Waals surface area contributed by atoms with Gasteiger partial charge in [-0.05, 0) is 35.4 Å². The van der Waals surface area contributed by atoms with E-state index in [-0.39, 0.29) is 29.3 Å². The molecule has 1 aliphatic heterocycles. The first-order valence-electron chi connectivity index (χ1n) is 10.2. The maximum absolute atomic E-state index is 12.9. The van der Waals surface area contributed by atoms with Crippen LogP contribution >= 0.6 is 0 Å². The number of esters is 1. The van der Waals surface area contributed by atoms with Gasteiger partial charge >= 0.3 is 5.97 Å². The first-order chi connectivity index (χ1) is 15.4. The van der Waals surface area contributed by atoms with Crippen molar-refractivity contribution in [3.05, 3.63) is 77.4 Å². The van der Waals surface area contributed by atoms with Gasteiger partial charge in [-0.25, -0.2) is 13.2 Å². The molecule has 1 fully saturated rings. The number of aryl methyl sites for hydroxylation is 1. The second-order valence-electron chi connectivity index (χ2n) is 7.52. The second kappa shape index (κ2) is 9.20. The number of rotatable bonds is 6. The molecule has 8 heteroatoms. The van der Waals surface area contributed by atoms with E-state index in [1.807, 2.05) is 30.3 Å². The molecule has 1 aliphatic rings. The number of Topliss-reactive ketones (excluding diaryl/α,β-unsaturated/α-hetero) is 1. The summed E-state index contributed by atoms with van der Waals surface area (Å²) >= 11 is 0. The Kier molecular flexibility index (Phi) is 6.36. The number of ether oxygens (including phenoxy) is 2. The van der Waals surface area contributed by atoms with Gasteiger partial charge in [-0.3, -0.25) is 4.79 Å². The van der Waals surface area contributed by atoms with Crippen LogP contribution in [-0.2, 0) is 19.5 Å². The molecular formula is C24H23NO6S. The quantitative estimate of drug-likeness (QED) is 0.421. The highest BCUT2D eigenvalue weighted by Crippen LogP contribution is 2.22. The van der Waals surface area contributed by atoms with Gasteiger partial charge in [0.05, 0.1) is 23.7 Å². The third-order valence-electron chi connectivity index (χ3n) is 5.46. The number of nitrogens with zero attached hydrogens (tertiary/aromatic N) is 1. The largest absolute Gasteiger partial charge is 0.454 e. The minimum atomic E-state index is -3.75. The highest BCUT2D eigenvalue weighted by Gasteiger charge is 2.27. The van der Waals surface area contributed by atoms with Gasteiger partial charge in [-0.2, -0.15) is 4.31 Å². The van der Waals surface area contributed by atoms with Gasteiger partial charge in [-0.1, -0.05) is 48.5 Å². The first kappa shape index (κ1) is 22.1. The Bertz CT molecular complexity index is 1270. The molecule has 166 valence electrons. The maximum atomic E-state index is 12.9. The van der Waals surface area contributed by atoms with E-state index in [4.69, 9.17) is 9.47 Å². The lowest BCUT2D eigenvalue weighted by Crippen LogP contribution is -2.40. The monoisotopic (exact) mass is 453 g/mol.